The predicted molar refractivity (Wildman–Crippen MR) is 65.8 cm³/mol. The highest BCUT2D eigenvalue weighted by molar-refractivity contribution is 5.76. The Bertz CT molecular complexity index is 444. The van der Waals surface area contributed by atoms with Crippen LogP contribution in [-0.4, -0.2) is 5.91 Å². The molecule has 2 heteroatoms. The van der Waals surface area contributed by atoms with Crippen LogP contribution in [0.15, 0.2) is 24.3 Å². The lowest BCUT2D eigenvalue weighted by Crippen LogP contribution is -2.10. The molecule has 0 saturated heterocycles. The van der Waals surface area contributed by atoms with Gasteiger partial charge < -0.3 is 5.73 Å². The molecule has 2 nitrogen and oxygen atoms in total. The lowest BCUT2D eigenvalue weighted by Gasteiger charge is -2.18. The van der Waals surface area contributed by atoms with E-state index in [-0.39, 0.29) is 17.7 Å². The third-order valence-corrected chi connectivity index (χ3v) is 2.22. The van der Waals surface area contributed by atoms with E-state index in [9.17, 15) is 4.79 Å². The van der Waals surface area contributed by atoms with E-state index >= 15 is 0 Å². The van der Waals surface area contributed by atoms with Crippen LogP contribution in [-0.2, 0) is 10.2 Å². The molecule has 0 aliphatic heterocycles. The molecule has 16 heavy (non-hydrogen) atoms. The smallest absolute Gasteiger partial charge is 0.229 e. The highest BCUT2D eigenvalue weighted by Crippen LogP contribution is 2.22. The zero-order valence-electron chi connectivity index (χ0n) is 10.0. The summed E-state index contributed by atoms with van der Waals surface area (Å²) in [5.74, 6) is 5.30. The van der Waals surface area contributed by atoms with Crippen molar-refractivity contribution >= 4 is 5.91 Å². The first-order valence-corrected chi connectivity index (χ1v) is 5.27. The molecule has 1 rings (SSSR count). The molecule has 0 aromatic heterocycles. The molecule has 0 aliphatic rings. The van der Waals surface area contributed by atoms with Crippen LogP contribution in [0.5, 0.6) is 0 Å². The molecule has 0 spiro atoms. The van der Waals surface area contributed by atoms with Gasteiger partial charge in [-0.1, -0.05) is 44.7 Å². The van der Waals surface area contributed by atoms with Gasteiger partial charge in [-0.05, 0) is 23.1 Å². The summed E-state index contributed by atoms with van der Waals surface area (Å²) < 4.78 is 0. The van der Waals surface area contributed by atoms with Crippen molar-refractivity contribution in [2.75, 3.05) is 0 Å². The minimum atomic E-state index is -0.389. The second-order valence-corrected chi connectivity index (χ2v) is 4.78. The van der Waals surface area contributed by atoms with Gasteiger partial charge in [0.05, 0.1) is 6.42 Å². The highest BCUT2D eigenvalue weighted by Gasteiger charge is 2.12. The van der Waals surface area contributed by atoms with Gasteiger partial charge in [0.1, 0.15) is 0 Å². The van der Waals surface area contributed by atoms with E-state index in [0.29, 0.717) is 0 Å². The number of amides is 1. The molecular weight excluding hydrogens is 198 g/mol. The van der Waals surface area contributed by atoms with Crippen LogP contribution in [0.25, 0.3) is 0 Å². The van der Waals surface area contributed by atoms with Crippen molar-refractivity contribution in [3.05, 3.63) is 35.4 Å². The van der Waals surface area contributed by atoms with Crippen molar-refractivity contribution in [3.63, 3.8) is 0 Å². The summed E-state index contributed by atoms with van der Waals surface area (Å²) in [6.45, 7) is 6.47. The number of nitrogens with two attached hydrogens (primary N) is 1. The zero-order valence-corrected chi connectivity index (χ0v) is 10.0. The molecule has 84 valence electrons. The Morgan fingerprint density at radius 3 is 2.62 bits per heavy atom. The fourth-order valence-corrected chi connectivity index (χ4v) is 1.30. The van der Waals surface area contributed by atoms with Crippen molar-refractivity contribution < 1.29 is 4.79 Å². The van der Waals surface area contributed by atoms with Gasteiger partial charge in [0, 0.05) is 5.56 Å². The Morgan fingerprint density at radius 1 is 1.38 bits per heavy atom. The van der Waals surface area contributed by atoms with E-state index in [4.69, 9.17) is 5.73 Å². The zero-order chi connectivity index (χ0) is 12.2. The summed E-state index contributed by atoms with van der Waals surface area (Å²) in [7, 11) is 0. The maximum atomic E-state index is 10.5. The van der Waals surface area contributed by atoms with Crippen molar-refractivity contribution in [2.45, 2.75) is 32.6 Å². The summed E-state index contributed by atoms with van der Waals surface area (Å²) in [4.78, 5) is 10.5. The van der Waals surface area contributed by atoms with E-state index in [1.54, 1.807) is 0 Å². The van der Waals surface area contributed by atoms with Crippen LogP contribution in [0.3, 0.4) is 0 Å². The van der Waals surface area contributed by atoms with Crippen LogP contribution >= 0.6 is 0 Å². The van der Waals surface area contributed by atoms with Gasteiger partial charge in [-0.3, -0.25) is 4.79 Å². The first kappa shape index (κ1) is 12.3. The minimum absolute atomic E-state index is 0.111. The molecule has 0 unspecified atom stereocenters. The van der Waals surface area contributed by atoms with Crippen molar-refractivity contribution in [2.24, 2.45) is 5.73 Å². The first-order chi connectivity index (χ1) is 7.39. The van der Waals surface area contributed by atoms with Gasteiger partial charge >= 0.3 is 0 Å². The number of carbonyl (C=O) groups excluding carboxylic acids is 1. The molecule has 0 aliphatic carbocycles. The summed E-state index contributed by atoms with van der Waals surface area (Å²) in [5, 5.41) is 0. The average molecular weight is 215 g/mol. The summed E-state index contributed by atoms with van der Waals surface area (Å²) in [5.41, 5.74) is 7.29. The number of rotatable bonds is 1. The minimum Gasteiger partial charge on any atom is -0.369 e. The molecular formula is C14H17NO. The first-order valence-electron chi connectivity index (χ1n) is 5.27. The van der Waals surface area contributed by atoms with E-state index in [2.05, 4.69) is 38.7 Å². The standard InChI is InChI=1S/C14H17NO/c1-14(2,3)12-8-4-6-11(10-12)7-5-9-13(15)16/h4,6,8,10H,9H2,1-3H3,(H2,15,16). The molecule has 0 fully saturated rings. The van der Waals surface area contributed by atoms with Crippen molar-refractivity contribution in [1.29, 1.82) is 0 Å². The number of benzene rings is 1. The second kappa shape index (κ2) is 4.85. The van der Waals surface area contributed by atoms with Gasteiger partial charge in [0.15, 0.2) is 0 Å². The molecule has 2 N–H and O–H groups in total. The largest absolute Gasteiger partial charge is 0.369 e. The van der Waals surface area contributed by atoms with E-state index < -0.39 is 0 Å². The summed E-state index contributed by atoms with van der Waals surface area (Å²) in [6.07, 6.45) is 0.111. The Morgan fingerprint density at radius 2 is 2.06 bits per heavy atom. The van der Waals surface area contributed by atoms with Gasteiger partial charge in [0.25, 0.3) is 0 Å². The second-order valence-electron chi connectivity index (χ2n) is 4.78. The Kier molecular flexibility index (Phi) is 3.73. The maximum absolute atomic E-state index is 10.5. The van der Waals surface area contributed by atoms with Crippen LogP contribution in [0.1, 0.15) is 38.3 Å². The Balaban J connectivity index is 2.90. The fraction of sp³-hybridized carbons (Fsp3) is 0.357. The van der Waals surface area contributed by atoms with Crippen LogP contribution < -0.4 is 5.73 Å². The van der Waals surface area contributed by atoms with Crippen LogP contribution in [0.4, 0.5) is 0 Å². The number of carbonyl (C=O) groups is 1. The van der Waals surface area contributed by atoms with Gasteiger partial charge in [-0.2, -0.15) is 0 Å². The molecule has 0 atom stereocenters. The van der Waals surface area contributed by atoms with Crippen molar-refractivity contribution in [3.8, 4) is 11.8 Å². The monoisotopic (exact) mass is 215 g/mol. The predicted octanol–water partition coefficient (Wildman–Crippen LogP) is 2.21. The molecule has 0 heterocycles. The van der Waals surface area contributed by atoms with E-state index in [1.165, 1.54) is 5.56 Å². The Hall–Kier alpha value is -1.75. The van der Waals surface area contributed by atoms with Crippen LogP contribution in [0, 0.1) is 11.8 Å². The molecule has 1 aromatic carbocycles. The van der Waals surface area contributed by atoms with E-state index in [1.807, 2.05) is 18.2 Å². The molecule has 0 radical (unpaired) electrons. The molecule has 1 amide bonds. The topological polar surface area (TPSA) is 43.1 Å². The Labute approximate surface area is 96.9 Å². The van der Waals surface area contributed by atoms with Crippen molar-refractivity contribution in [1.82, 2.24) is 0 Å². The highest BCUT2D eigenvalue weighted by atomic mass is 16.1. The lowest BCUT2D eigenvalue weighted by atomic mass is 9.86. The van der Waals surface area contributed by atoms with Gasteiger partial charge in [-0.25, -0.2) is 0 Å². The maximum Gasteiger partial charge on any atom is 0.229 e. The third kappa shape index (κ3) is 3.78. The van der Waals surface area contributed by atoms with Crippen LogP contribution in [0.2, 0.25) is 0 Å². The number of primary amides is 1. The molecule has 0 saturated carbocycles. The number of hydrogen-bond acceptors (Lipinski definition) is 1. The number of hydrogen-bond donors (Lipinski definition) is 1. The SMILES string of the molecule is CC(C)(C)c1cccc(C#CCC(N)=O)c1. The van der Waals surface area contributed by atoms with Gasteiger partial charge in [-0.15, -0.1) is 0 Å². The normalized spacial score (nSPS) is 10.4. The molecule has 1 aromatic rings. The fourth-order valence-electron chi connectivity index (χ4n) is 1.30. The third-order valence-electron chi connectivity index (χ3n) is 2.22. The average Bonchev–Trinajstić information content (AvgIpc) is 2.16. The van der Waals surface area contributed by atoms with E-state index in [0.717, 1.165) is 5.56 Å². The quantitative estimate of drug-likeness (QED) is 0.717. The van der Waals surface area contributed by atoms with Gasteiger partial charge in [0.2, 0.25) is 5.91 Å². The molecule has 0 bridgehead atoms. The lowest BCUT2D eigenvalue weighted by molar-refractivity contribution is -0.117. The summed E-state index contributed by atoms with van der Waals surface area (Å²) >= 11 is 0. The summed E-state index contributed by atoms with van der Waals surface area (Å²) in [6, 6.07) is 8.05.